The summed E-state index contributed by atoms with van der Waals surface area (Å²) >= 11 is 12.3. The molecule has 0 radical (unpaired) electrons. The van der Waals surface area contributed by atoms with Crippen molar-refractivity contribution in [2.45, 2.75) is 72.8 Å². The molecule has 178 valence electrons. The minimum Gasteiger partial charge on any atom is -0.428 e. The summed E-state index contributed by atoms with van der Waals surface area (Å²) in [6.07, 6.45) is 0.152. The van der Waals surface area contributed by atoms with E-state index < -0.39 is 11.8 Å². The lowest BCUT2D eigenvalue weighted by atomic mass is 9.72. The highest BCUT2D eigenvalue weighted by Gasteiger charge is 2.29. The third-order valence-corrected chi connectivity index (χ3v) is 5.66. The fourth-order valence-electron chi connectivity index (χ4n) is 3.99. The number of aromatic nitrogens is 3. The van der Waals surface area contributed by atoms with Gasteiger partial charge in [0.1, 0.15) is 22.3 Å². The maximum absolute atomic E-state index is 12.4. The largest absolute Gasteiger partial charge is 0.514 e. The first-order valence-corrected chi connectivity index (χ1v) is 11.6. The van der Waals surface area contributed by atoms with Crippen molar-refractivity contribution in [3.63, 3.8) is 0 Å². The molecule has 2 aromatic carbocycles. The Kier molecular flexibility index (Phi) is 6.75. The van der Waals surface area contributed by atoms with Crippen LogP contribution in [0.15, 0.2) is 30.3 Å². The lowest BCUT2D eigenvalue weighted by Gasteiger charge is -2.33. The molecule has 0 unspecified atom stereocenters. The van der Waals surface area contributed by atoms with E-state index in [-0.39, 0.29) is 16.6 Å². The van der Waals surface area contributed by atoms with E-state index in [2.05, 4.69) is 44.8 Å². The molecular weight excluding hydrogens is 461 g/mol. The van der Waals surface area contributed by atoms with E-state index in [9.17, 15) is 4.79 Å². The average molecular weight is 492 g/mol. The first-order chi connectivity index (χ1) is 15.0. The molecule has 0 aliphatic heterocycles. The summed E-state index contributed by atoms with van der Waals surface area (Å²) in [5, 5.41) is 9.89. The van der Waals surface area contributed by atoms with Gasteiger partial charge in [0, 0.05) is 0 Å². The van der Waals surface area contributed by atoms with E-state index >= 15 is 0 Å². The van der Waals surface area contributed by atoms with Crippen molar-refractivity contribution in [2.75, 3.05) is 0 Å². The third kappa shape index (κ3) is 6.39. The van der Waals surface area contributed by atoms with Crippen LogP contribution in [-0.4, -0.2) is 26.8 Å². The van der Waals surface area contributed by atoms with Gasteiger partial charge in [-0.2, -0.15) is 0 Å². The summed E-state index contributed by atoms with van der Waals surface area (Å²) in [5.41, 5.74) is 2.04. The van der Waals surface area contributed by atoms with Crippen LogP contribution in [-0.2, 0) is 10.2 Å². The molecular formula is C25H31Cl2N3O3. The van der Waals surface area contributed by atoms with E-state index in [1.165, 1.54) is 4.80 Å². The zero-order chi connectivity index (χ0) is 24.8. The number of benzene rings is 2. The number of hydrogen-bond donors (Lipinski definition) is 0. The summed E-state index contributed by atoms with van der Waals surface area (Å²) < 4.78 is 10.9. The summed E-state index contributed by atoms with van der Waals surface area (Å²) in [4.78, 5) is 13.9. The highest BCUT2D eigenvalue weighted by atomic mass is 35.5. The molecule has 0 saturated heterocycles. The fourth-order valence-corrected chi connectivity index (χ4v) is 4.31. The van der Waals surface area contributed by atoms with E-state index in [0.717, 1.165) is 12.0 Å². The molecule has 0 N–H and O–H groups in total. The highest BCUT2D eigenvalue weighted by molar-refractivity contribution is 6.42. The second kappa shape index (κ2) is 8.80. The zero-order valence-corrected chi connectivity index (χ0v) is 21.9. The Bertz CT molecular complexity index is 1150. The molecule has 6 nitrogen and oxygen atoms in total. The lowest BCUT2D eigenvalue weighted by molar-refractivity contribution is 0.0205. The predicted octanol–water partition coefficient (Wildman–Crippen LogP) is 7.76. The van der Waals surface area contributed by atoms with Crippen LogP contribution in [0.5, 0.6) is 5.75 Å². The Balaban J connectivity index is 2.12. The van der Waals surface area contributed by atoms with Crippen LogP contribution in [0.25, 0.3) is 16.7 Å². The van der Waals surface area contributed by atoms with E-state index in [0.29, 0.717) is 26.8 Å². The van der Waals surface area contributed by atoms with Crippen molar-refractivity contribution in [1.29, 1.82) is 0 Å². The molecule has 1 aromatic heterocycles. The van der Waals surface area contributed by atoms with Gasteiger partial charge in [0.2, 0.25) is 0 Å². The standard InChI is InChI=1S/C25H31Cl2N3O3/c1-23(2,3)14-25(7,8)15-9-10-21(32-22(31)33-24(4,5)6)20(11-15)30-28-18-12-16(26)17(27)13-19(18)29-30/h9-13H,14H2,1-8H3. The number of carbonyl (C=O) groups excluding carboxylic acids is 1. The van der Waals surface area contributed by atoms with Crippen molar-refractivity contribution in [3.8, 4) is 11.4 Å². The number of carbonyl (C=O) groups is 1. The van der Waals surface area contributed by atoms with Crippen molar-refractivity contribution in [2.24, 2.45) is 5.41 Å². The minimum absolute atomic E-state index is 0.126. The van der Waals surface area contributed by atoms with Gasteiger partial charge in [0.15, 0.2) is 5.75 Å². The maximum Gasteiger partial charge on any atom is 0.514 e. The van der Waals surface area contributed by atoms with Crippen molar-refractivity contribution in [1.82, 2.24) is 15.0 Å². The SMILES string of the molecule is CC(C)(C)CC(C)(C)c1ccc(OC(=O)OC(C)(C)C)c(-n2nc3cc(Cl)c(Cl)cc3n2)c1. The van der Waals surface area contributed by atoms with Gasteiger partial charge < -0.3 is 9.47 Å². The third-order valence-electron chi connectivity index (χ3n) is 4.93. The molecule has 0 amide bonds. The molecule has 3 aromatic rings. The summed E-state index contributed by atoms with van der Waals surface area (Å²) in [6.45, 7) is 16.4. The molecule has 0 saturated carbocycles. The smallest absolute Gasteiger partial charge is 0.428 e. The van der Waals surface area contributed by atoms with Gasteiger partial charge >= 0.3 is 6.16 Å². The van der Waals surface area contributed by atoms with Crippen LogP contribution in [0.1, 0.15) is 67.4 Å². The van der Waals surface area contributed by atoms with Gasteiger partial charge in [-0.25, -0.2) is 4.79 Å². The van der Waals surface area contributed by atoms with Crippen LogP contribution < -0.4 is 4.74 Å². The quantitative estimate of drug-likeness (QED) is 0.275. The van der Waals surface area contributed by atoms with Crippen LogP contribution in [0.2, 0.25) is 10.0 Å². The molecule has 0 aliphatic rings. The van der Waals surface area contributed by atoms with Crippen LogP contribution in [0.3, 0.4) is 0 Å². The second-order valence-electron chi connectivity index (χ2n) is 11.1. The molecule has 0 aliphatic carbocycles. The molecule has 0 fully saturated rings. The summed E-state index contributed by atoms with van der Waals surface area (Å²) in [7, 11) is 0. The Morgan fingerprint density at radius 3 is 1.94 bits per heavy atom. The van der Waals surface area contributed by atoms with Crippen LogP contribution in [0, 0.1) is 5.41 Å². The zero-order valence-electron chi connectivity index (χ0n) is 20.4. The van der Waals surface area contributed by atoms with E-state index in [1.807, 2.05) is 12.1 Å². The number of ether oxygens (including phenoxy) is 2. The van der Waals surface area contributed by atoms with Crippen molar-refractivity contribution in [3.05, 3.63) is 45.9 Å². The second-order valence-corrected chi connectivity index (χ2v) is 11.9. The first-order valence-electron chi connectivity index (χ1n) is 10.8. The topological polar surface area (TPSA) is 66.2 Å². The maximum atomic E-state index is 12.4. The monoisotopic (exact) mass is 491 g/mol. The number of hydrogen-bond acceptors (Lipinski definition) is 5. The molecule has 3 rings (SSSR count). The Hall–Kier alpha value is -2.31. The van der Waals surface area contributed by atoms with Gasteiger partial charge in [0.05, 0.1) is 10.0 Å². The first kappa shape index (κ1) is 25.3. The number of rotatable bonds is 4. The Morgan fingerprint density at radius 2 is 1.45 bits per heavy atom. The molecule has 1 heterocycles. The van der Waals surface area contributed by atoms with Gasteiger partial charge in [0.25, 0.3) is 0 Å². The number of halogens is 2. The minimum atomic E-state index is -0.798. The van der Waals surface area contributed by atoms with E-state index in [1.54, 1.807) is 39.0 Å². The van der Waals surface area contributed by atoms with Crippen molar-refractivity contribution >= 4 is 40.4 Å². The van der Waals surface area contributed by atoms with Gasteiger partial charge in [-0.3, -0.25) is 0 Å². The van der Waals surface area contributed by atoms with Crippen molar-refractivity contribution < 1.29 is 14.3 Å². The van der Waals surface area contributed by atoms with Crippen LogP contribution in [0.4, 0.5) is 4.79 Å². The Morgan fingerprint density at radius 1 is 0.909 bits per heavy atom. The molecule has 0 atom stereocenters. The van der Waals surface area contributed by atoms with Gasteiger partial charge in [-0.05, 0) is 67.9 Å². The van der Waals surface area contributed by atoms with Gasteiger partial charge in [-0.1, -0.05) is 63.9 Å². The normalized spacial score (nSPS) is 12.8. The number of fused-ring (bicyclic) bond motifs is 1. The molecule has 33 heavy (non-hydrogen) atoms. The molecule has 0 spiro atoms. The number of nitrogens with zero attached hydrogens (tertiary/aromatic N) is 3. The molecule has 0 bridgehead atoms. The predicted molar refractivity (Wildman–Crippen MR) is 133 cm³/mol. The highest BCUT2D eigenvalue weighted by Crippen LogP contribution is 2.39. The lowest BCUT2D eigenvalue weighted by Crippen LogP contribution is -2.27. The van der Waals surface area contributed by atoms with Crippen LogP contribution >= 0.6 is 23.2 Å². The average Bonchev–Trinajstić information content (AvgIpc) is 3.01. The summed E-state index contributed by atoms with van der Waals surface area (Å²) in [6, 6.07) is 8.99. The van der Waals surface area contributed by atoms with E-state index in [4.69, 9.17) is 32.7 Å². The van der Waals surface area contributed by atoms with Gasteiger partial charge in [-0.15, -0.1) is 15.0 Å². The fraction of sp³-hybridized carbons (Fsp3) is 0.480. The molecule has 8 heteroatoms. The summed E-state index contributed by atoms with van der Waals surface area (Å²) in [5.74, 6) is 0.289. The Labute approximate surface area is 205 Å².